The van der Waals surface area contributed by atoms with Crippen LogP contribution in [0.25, 0.3) is 0 Å². The summed E-state index contributed by atoms with van der Waals surface area (Å²) in [5.74, 6) is 0. The standard InChI is InChI=1S/C9H18N2O3/c1-14-9(13)11(5-6-12)7-8-3-2-4-10-8/h8,10,12H,2-7H2,1H3. The molecule has 0 radical (unpaired) electrons. The first-order valence-electron chi connectivity index (χ1n) is 4.95. The number of aliphatic hydroxyl groups is 1. The molecule has 0 bridgehead atoms. The third-order valence-electron chi connectivity index (χ3n) is 2.41. The van der Waals surface area contributed by atoms with Gasteiger partial charge in [-0.15, -0.1) is 0 Å². The summed E-state index contributed by atoms with van der Waals surface area (Å²) in [6, 6.07) is 0.348. The number of ether oxygens (including phenoxy) is 1. The van der Waals surface area contributed by atoms with E-state index in [9.17, 15) is 4.79 Å². The summed E-state index contributed by atoms with van der Waals surface area (Å²) in [6.45, 7) is 1.94. The molecule has 1 aliphatic rings. The number of amides is 1. The molecule has 1 unspecified atom stereocenters. The maximum absolute atomic E-state index is 11.3. The van der Waals surface area contributed by atoms with Crippen LogP contribution in [0.1, 0.15) is 12.8 Å². The summed E-state index contributed by atoms with van der Waals surface area (Å²) in [6.07, 6.45) is 1.87. The summed E-state index contributed by atoms with van der Waals surface area (Å²) >= 11 is 0. The maximum Gasteiger partial charge on any atom is 0.409 e. The van der Waals surface area contributed by atoms with E-state index in [0.717, 1.165) is 19.4 Å². The van der Waals surface area contributed by atoms with Gasteiger partial charge < -0.3 is 20.1 Å². The second kappa shape index (κ2) is 5.82. The van der Waals surface area contributed by atoms with Crippen molar-refractivity contribution in [3.05, 3.63) is 0 Å². The lowest BCUT2D eigenvalue weighted by atomic mass is 10.2. The highest BCUT2D eigenvalue weighted by atomic mass is 16.5. The first-order chi connectivity index (χ1) is 6.77. The van der Waals surface area contributed by atoms with E-state index in [0.29, 0.717) is 19.1 Å². The molecule has 0 aliphatic carbocycles. The van der Waals surface area contributed by atoms with Crippen LogP contribution < -0.4 is 5.32 Å². The number of rotatable bonds is 4. The van der Waals surface area contributed by atoms with Crippen LogP contribution in [0, 0.1) is 0 Å². The largest absolute Gasteiger partial charge is 0.453 e. The van der Waals surface area contributed by atoms with Gasteiger partial charge in [-0.25, -0.2) is 4.79 Å². The van der Waals surface area contributed by atoms with Crippen LogP contribution in [-0.2, 0) is 4.74 Å². The van der Waals surface area contributed by atoms with Crippen molar-refractivity contribution in [1.29, 1.82) is 0 Å². The van der Waals surface area contributed by atoms with Crippen LogP contribution in [0.5, 0.6) is 0 Å². The van der Waals surface area contributed by atoms with Crippen LogP contribution in [0.15, 0.2) is 0 Å². The highest BCUT2D eigenvalue weighted by Crippen LogP contribution is 2.07. The van der Waals surface area contributed by atoms with Gasteiger partial charge in [0, 0.05) is 19.1 Å². The van der Waals surface area contributed by atoms with Gasteiger partial charge in [0.15, 0.2) is 0 Å². The van der Waals surface area contributed by atoms with E-state index in [-0.39, 0.29) is 12.7 Å². The molecule has 1 aliphatic heterocycles. The number of carbonyl (C=O) groups is 1. The Balaban J connectivity index is 2.37. The smallest absolute Gasteiger partial charge is 0.409 e. The highest BCUT2D eigenvalue weighted by Gasteiger charge is 2.21. The molecule has 14 heavy (non-hydrogen) atoms. The Hall–Kier alpha value is -0.810. The Morgan fingerprint density at radius 2 is 2.50 bits per heavy atom. The van der Waals surface area contributed by atoms with Crippen molar-refractivity contribution in [3.8, 4) is 0 Å². The van der Waals surface area contributed by atoms with E-state index in [1.807, 2.05) is 0 Å². The van der Waals surface area contributed by atoms with Crippen molar-refractivity contribution in [2.75, 3.05) is 33.4 Å². The van der Waals surface area contributed by atoms with Crippen LogP contribution in [0.4, 0.5) is 4.79 Å². The molecule has 1 atom stereocenters. The Morgan fingerprint density at radius 1 is 1.71 bits per heavy atom. The molecule has 0 aromatic heterocycles. The molecule has 1 rings (SSSR count). The van der Waals surface area contributed by atoms with E-state index in [2.05, 4.69) is 10.1 Å². The predicted octanol–water partition coefficient (Wildman–Crippen LogP) is -0.201. The Kier molecular flexibility index (Phi) is 4.69. The lowest BCUT2D eigenvalue weighted by Crippen LogP contribution is -2.42. The van der Waals surface area contributed by atoms with Crippen molar-refractivity contribution < 1.29 is 14.6 Å². The van der Waals surface area contributed by atoms with E-state index in [1.54, 1.807) is 0 Å². The minimum atomic E-state index is -0.368. The molecule has 0 aromatic rings. The zero-order valence-corrected chi connectivity index (χ0v) is 8.53. The molecule has 1 amide bonds. The van der Waals surface area contributed by atoms with E-state index in [1.165, 1.54) is 12.0 Å². The van der Waals surface area contributed by atoms with Crippen LogP contribution in [-0.4, -0.2) is 55.5 Å². The molecule has 5 nitrogen and oxygen atoms in total. The first-order valence-corrected chi connectivity index (χ1v) is 4.95. The number of aliphatic hydroxyl groups excluding tert-OH is 1. The van der Waals surface area contributed by atoms with Gasteiger partial charge >= 0.3 is 6.09 Å². The summed E-state index contributed by atoms with van der Waals surface area (Å²) in [5, 5.41) is 12.1. The van der Waals surface area contributed by atoms with E-state index >= 15 is 0 Å². The van der Waals surface area contributed by atoms with E-state index in [4.69, 9.17) is 5.11 Å². The van der Waals surface area contributed by atoms with Gasteiger partial charge in [-0.1, -0.05) is 0 Å². The van der Waals surface area contributed by atoms with Gasteiger partial charge in [0.25, 0.3) is 0 Å². The third-order valence-corrected chi connectivity index (χ3v) is 2.41. The number of methoxy groups -OCH3 is 1. The van der Waals surface area contributed by atoms with Gasteiger partial charge in [0.2, 0.25) is 0 Å². The Labute approximate surface area is 84.0 Å². The van der Waals surface area contributed by atoms with Crippen molar-refractivity contribution in [1.82, 2.24) is 10.2 Å². The second-order valence-electron chi connectivity index (χ2n) is 3.43. The van der Waals surface area contributed by atoms with Gasteiger partial charge in [-0.05, 0) is 19.4 Å². The van der Waals surface area contributed by atoms with Crippen molar-refractivity contribution in [2.45, 2.75) is 18.9 Å². The molecule has 1 heterocycles. The lowest BCUT2D eigenvalue weighted by molar-refractivity contribution is 0.109. The minimum absolute atomic E-state index is 0.0260. The monoisotopic (exact) mass is 202 g/mol. The van der Waals surface area contributed by atoms with Gasteiger partial charge in [0.1, 0.15) is 0 Å². The fraction of sp³-hybridized carbons (Fsp3) is 0.889. The Morgan fingerprint density at radius 3 is 3.00 bits per heavy atom. The predicted molar refractivity (Wildman–Crippen MR) is 52.1 cm³/mol. The highest BCUT2D eigenvalue weighted by molar-refractivity contribution is 5.67. The zero-order valence-electron chi connectivity index (χ0n) is 8.53. The number of hydrogen-bond donors (Lipinski definition) is 2. The molecule has 5 heteroatoms. The van der Waals surface area contributed by atoms with Gasteiger partial charge in [0.05, 0.1) is 13.7 Å². The number of nitrogens with zero attached hydrogens (tertiary/aromatic N) is 1. The zero-order chi connectivity index (χ0) is 10.4. The van der Waals surface area contributed by atoms with Crippen molar-refractivity contribution in [2.24, 2.45) is 0 Å². The van der Waals surface area contributed by atoms with Crippen molar-refractivity contribution in [3.63, 3.8) is 0 Å². The lowest BCUT2D eigenvalue weighted by Gasteiger charge is -2.23. The van der Waals surface area contributed by atoms with E-state index < -0.39 is 0 Å². The molecular formula is C9H18N2O3. The first kappa shape index (κ1) is 11.3. The van der Waals surface area contributed by atoms with Gasteiger partial charge in [-0.3, -0.25) is 0 Å². The average molecular weight is 202 g/mol. The average Bonchev–Trinajstić information content (AvgIpc) is 2.68. The molecule has 1 fully saturated rings. The van der Waals surface area contributed by atoms with Crippen LogP contribution in [0.3, 0.4) is 0 Å². The summed E-state index contributed by atoms with van der Waals surface area (Å²) < 4.78 is 4.62. The number of nitrogens with one attached hydrogen (secondary N) is 1. The number of hydrogen-bond acceptors (Lipinski definition) is 4. The normalized spacial score (nSPS) is 20.9. The Bertz CT molecular complexity index is 181. The molecular weight excluding hydrogens is 184 g/mol. The summed E-state index contributed by atoms with van der Waals surface area (Å²) in [5.41, 5.74) is 0. The second-order valence-corrected chi connectivity index (χ2v) is 3.43. The topological polar surface area (TPSA) is 61.8 Å². The number of carbonyl (C=O) groups excluding carboxylic acids is 1. The third kappa shape index (κ3) is 3.16. The molecule has 0 aromatic carbocycles. The minimum Gasteiger partial charge on any atom is -0.453 e. The van der Waals surface area contributed by atoms with Crippen LogP contribution >= 0.6 is 0 Å². The van der Waals surface area contributed by atoms with Gasteiger partial charge in [-0.2, -0.15) is 0 Å². The fourth-order valence-corrected chi connectivity index (χ4v) is 1.69. The molecule has 0 saturated carbocycles. The maximum atomic E-state index is 11.3. The molecule has 2 N–H and O–H groups in total. The summed E-state index contributed by atoms with van der Waals surface area (Å²) in [7, 11) is 1.36. The quantitative estimate of drug-likeness (QED) is 0.662. The fourth-order valence-electron chi connectivity index (χ4n) is 1.69. The van der Waals surface area contributed by atoms with Crippen molar-refractivity contribution >= 4 is 6.09 Å². The molecule has 1 saturated heterocycles. The molecule has 0 spiro atoms. The summed E-state index contributed by atoms with van der Waals surface area (Å²) in [4.78, 5) is 12.8. The van der Waals surface area contributed by atoms with Crippen LogP contribution in [0.2, 0.25) is 0 Å². The SMILES string of the molecule is COC(=O)N(CCO)CC1CCCN1. The molecule has 82 valence electrons.